The van der Waals surface area contributed by atoms with E-state index in [1.807, 2.05) is 25.1 Å². The fraction of sp³-hybridized carbons (Fsp3) is 0.133. The van der Waals surface area contributed by atoms with Crippen molar-refractivity contribution in [1.29, 1.82) is 0 Å². The Bertz CT molecular complexity index is 636. The lowest BCUT2D eigenvalue weighted by Gasteiger charge is -2.10. The third kappa shape index (κ3) is 3.07. The first kappa shape index (κ1) is 14.3. The van der Waals surface area contributed by atoms with Gasteiger partial charge in [0, 0.05) is 14.5 Å². The fourth-order valence-electron chi connectivity index (χ4n) is 1.79. The van der Waals surface area contributed by atoms with Crippen LogP contribution in [-0.2, 0) is 0 Å². The lowest BCUT2D eigenvalue weighted by atomic mass is 10.0. The third-order valence-corrected chi connectivity index (χ3v) is 4.16. The molecule has 0 bridgehead atoms. The molecule has 0 fully saturated rings. The standard InChI is InChI=1S/C15H12Br2O2/c1-9-6-14(19-2)12(8-13(9)17)15(18)10-4-3-5-11(16)7-10/h3-8H,1-2H3. The van der Waals surface area contributed by atoms with Crippen molar-refractivity contribution in [1.82, 2.24) is 0 Å². The minimum absolute atomic E-state index is 0.0566. The normalized spacial score (nSPS) is 10.3. The van der Waals surface area contributed by atoms with Crippen molar-refractivity contribution in [3.05, 3.63) is 62.0 Å². The SMILES string of the molecule is COc1cc(C)c(Br)cc1C(=O)c1cccc(Br)c1. The van der Waals surface area contributed by atoms with E-state index < -0.39 is 0 Å². The maximum absolute atomic E-state index is 12.5. The van der Waals surface area contributed by atoms with Gasteiger partial charge in [0.25, 0.3) is 0 Å². The van der Waals surface area contributed by atoms with E-state index in [9.17, 15) is 4.79 Å². The molecule has 0 saturated carbocycles. The maximum Gasteiger partial charge on any atom is 0.196 e. The van der Waals surface area contributed by atoms with E-state index in [2.05, 4.69) is 31.9 Å². The van der Waals surface area contributed by atoms with Crippen molar-refractivity contribution in [2.75, 3.05) is 7.11 Å². The summed E-state index contributed by atoms with van der Waals surface area (Å²) in [5, 5.41) is 0. The lowest BCUT2D eigenvalue weighted by Crippen LogP contribution is -2.04. The molecule has 0 amide bonds. The largest absolute Gasteiger partial charge is 0.496 e. The highest BCUT2D eigenvalue weighted by Gasteiger charge is 2.16. The van der Waals surface area contributed by atoms with Crippen molar-refractivity contribution >= 4 is 37.6 Å². The minimum Gasteiger partial charge on any atom is -0.496 e. The molecule has 0 radical (unpaired) electrons. The first-order valence-electron chi connectivity index (χ1n) is 5.67. The van der Waals surface area contributed by atoms with E-state index in [1.165, 1.54) is 0 Å². The molecule has 2 rings (SSSR count). The van der Waals surface area contributed by atoms with Gasteiger partial charge in [-0.15, -0.1) is 0 Å². The van der Waals surface area contributed by atoms with Crippen LogP contribution in [0, 0.1) is 6.92 Å². The van der Waals surface area contributed by atoms with Crippen LogP contribution in [0.2, 0.25) is 0 Å². The average Bonchev–Trinajstić information content (AvgIpc) is 2.40. The molecule has 0 saturated heterocycles. The first-order chi connectivity index (χ1) is 9.02. The second-order valence-electron chi connectivity index (χ2n) is 4.14. The van der Waals surface area contributed by atoms with Gasteiger partial charge in [-0.1, -0.05) is 44.0 Å². The number of carbonyl (C=O) groups is 1. The van der Waals surface area contributed by atoms with Gasteiger partial charge in [-0.3, -0.25) is 4.79 Å². The molecule has 2 aromatic carbocycles. The Morgan fingerprint density at radius 3 is 2.53 bits per heavy atom. The zero-order valence-electron chi connectivity index (χ0n) is 10.5. The Labute approximate surface area is 129 Å². The Balaban J connectivity index is 2.52. The molecule has 2 aromatic rings. The quantitative estimate of drug-likeness (QED) is 0.714. The third-order valence-electron chi connectivity index (χ3n) is 2.81. The Kier molecular flexibility index (Phi) is 4.42. The van der Waals surface area contributed by atoms with Crippen LogP contribution in [0.5, 0.6) is 5.75 Å². The average molecular weight is 384 g/mol. The molecule has 98 valence electrons. The molecule has 19 heavy (non-hydrogen) atoms. The summed E-state index contributed by atoms with van der Waals surface area (Å²) in [6.07, 6.45) is 0. The summed E-state index contributed by atoms with van der Waals surface area (Å²) in [6, 6.07) is 11.0. The molecule has 0 spiro atoms. The van der Waals surface area contributed by atoms with Gasteiger partial charge in [-0.25, -0.2) is 0 Å². The molecule has 4 heteroatoms. The zero-order valence-corrected chi connectivity index (χ0v) is 13.7. The highest BCUT2D eigenvalue weighted by molar-refractivity contribution is 9.10. The smallest absolute Gasteiger partial charge is 0.196 e. The van der Waals surface area contributed by atoms with Gasteiger partial charge in [0.1, 0.15) is 5.75 Å². The molecule has 0 N–H and O–H groups in total. The Morgan fingerprint density at radius 2 is 1.89 bits per heavy atom. The van der Waals surface area contributed by atoms with Crippen LogP contribution in [0.1, 0.15) is 21.5 Å². The van der Waals surface area contributed by atoms with E-state index in [4.69, 9.17) is 4.74 Å². The summed E-state index contributed by atoms with van der Waals surface area (Å²) in [7, 11) is 1.57. The van der Waals surface area contributed by atoms with E-state index >= 15 is 0 Å². The van der Waals surface area contributed by atoms with E-state index in [-0.39, 0.29) is 5.78 Å². The summed E-state index contributed by atoms with van der Waals surface area (Å²) in [5.41, 5.74) is 2.21. The van der Waals surface area contributed by atoms with E-state index in [0.717, 1.165) is 14.5 Å². The van der Waals surface area contributed by atoms with Crippen molar-refractivity contribution in [3.8, 4) is 5.75 Å². The number of ether oxygens (including phenoxy) is 1. The van der Waals surface area contributed by atoms with Gasteiger partial charge in [-0.05, 0) is 36.8 Å². The van der Waals surface area contributed by atoms with Crippen LogP contribution in [0.25, 0.3) is 0 Å². The molecule has 0 aliphatic heterocycles. The van der Waals surface area contributed by atoms with Crippen LogP contribution in [-0.4, -0.2) is 12.9 Å². The van der Waals surface area contributed by atoms with Gasteiger partial charge in [-0.2, -0.15) is 0 Å². The number of benzene rings is 2. The van der Waals surface area contributed by atoms with Crippen molar-refractivity contribution in [3.63, 3.8) is 0 Å². The second kappa shape index (κ2) is 5.88. The predicted molar refractivity (Wildman–Crippen MR) is 83.0 cm³/mol. The van der Waals surface area contributed by atoms with Crippen LogP contribution >= 0.6 is 31.9 Å². The minimum atomic E-state index is -0.0566. The molecule has 2 nitrogen and oxygen atoms in total. The molecule has 0 aliphatic rings. The van der Waals surface area contributed by atoms with Crippen molar-refractivity contribution < 1.29 is 9.53 Å². The van der Waals surface area contributed by atoms with Crippen LogP contribution < -0.4 is 4.74 Å². The number of ketones is 1. The van der Waals surface area contributed by atoms with Crippen LogP contribution in [0.4, 0.5) is 0 Å². The number of hydrogen-bond acceptors (Lipinski definition) is 2. The number of hydrogen-bond donors (Lipinski definition) is 0. The number of carbonyl (C=O) groups excluding carboxylic acids is 1. The molecule has 0 aliphatic carbocycles. The number of methoxy groups -OCH3 is 1. The van der Waals surface area contributed by atoms with E-state index in [0.29, 0.717) is 16.9 Å². The molecule has 0 aromatic heterocycles. The maximum atomic E-state index is 12.5. The molecule has 0 atom stereocenters. The topological polar surface area (TPSA) is 26.3 Å². The van der Waals surface area contributed by atoms with Gasteiger partial charge in [0.15, 0.2) is 5.78 Å². The van der Waals surface area contributed by atoms with Crippen molar-refractivity contribution in [2.24, 2.45) is 0 Å². The highest BCUT2D eigenvalue weighted by atomic mass is 79.9. The monoisotopic (exact) mass is 382 g/mol. The zero-order chi connectivity index (χ0) is 14.0. The van der Waals surface area contributed by atoms with Gasteiger partial charge >= 0.3 is 0 Å². The second-order valence-corrected chi connectivity index (χ2v) is 5.91. The van der Waals surface area contributed by atoms with Crippen LogP contribution in [0.15, 0.2) is 45.3 Å². The Hall–Kier alpha value is -1.13. The number of rotatable bonds is 3. The summed E-state index contributed by atoms with van der Waals surface area (Å²) in [4.78, 5) is 12.5. The molecular formula is C15H12Br2O2. The first-order valence-corrected chi connectivity index (χ1v) is 7.26. The van der Waals surface area contributed by atoms with Crippen molar-refractivity contribution in [2.45, 2.75) is 6.92 Å². The summed E-state index contributed by atoms with van der Waals surface area (Å²) < 4.78 is 7.07. The van der Waals surface area contributed by atoms with Crippen LogP contribution in [0.3, 0.4) is 0 Å². The summed E-state index contributed by atoms with van der Waals surface area (Å²) >= 11 is 6.82. The van der Waals surface area contributed by atoms with Gasteiger partial charge in [0.2, 0.25) is 0 Å². The number of aryl methyl sites for hydroxylation is 1. The molecule has 0 heterocycles. The molecule has 0 unspecified atom stereocenters. The fourth-order valence-corrected chi connectivity index (χ4v) is 2.53. The van der Waals surface area contributed by atoms with E-state index in [1.54, 1.807) is 25.3 Å². The summed E-state index contributed by atoms with van der Waals surface area (Å²) in [6.45, 7) is 1.96. The lowest BCUT2D eigenvalue weighted by molar-refractivity contribution is 0.103. The predicted octanol–water partition coefficient (Wildman–Crippen LogP) is 4.76. The highest BCUT2D eigenvalue weighted by Crippen LogP contribution is 2.29. The molecular weight excluding hydrogens is 372 g/mol. The van der Waals surface area contributed by atoms with Gasteiger partial charge in [0.05, 0.1) is 12.7 Å². The Morgan fingerprint density at radius 1 is 1.16 bits per heavy atom. The number of halogens is 2. The summed E-state index contributed by atoms with van der Waals surface area (Å²) in [5.74, 6) is 0.532. The van der Waals surface area contributed by atoms with Gasteiger partial charge < -0.3 is 4.74 Å².